The lowest BCUT2D eigenvalue weighted by Gasteiger charge is -2.04. The van der Waals surface area contributed by atoms with Gasteiger partial charge in [-0.2, -0.15) is 11.8 Å². The summed E-state index contributed by atoms with van der Waals surface area (Å²) in [6.45, 7) is 3.24. The number of unbranched alkanes of at least 4 members (excludes halogenated alkanes) is 2. The normalized spacial score (nSPS) is 10.8. The summed E-state index contributed by atoms with van der Waals surface area (Å²) in [4.78, 5) is 0. The second-order valence-corrected chi connectivity index (χ2v) is 4.74. The van der Waals surface area contributed by atoms with E-state index in [1.54, 1.807) is 0 Å². The number of aromatic nitrogens is 3. The Balaban J connectivity index is 2.29. The average molecular weight is 227 g/mol. The summed E-state index contributed by atoms with van der Waals surface area (Å²) >= 11 is 1.91. The second kappa shape index (κ2) is 7.74. The minimum absolute atomic E-state index is 1.03. The summed E-state index contributed by atoms with van der Waals surface area (Å²) in [5, 5.41) is 8.11. The minimum atomic E-state index is 1.03. The average Bonchev–Trinajstić information content (AvgIpc) is 2.69. The summed E-state index contributed by atoms with van der Waals surface area (Å²) < 4.78 is 2.07. The first-order chi connectivity index (χ1) is 7.38. The van der Waals surface area contributed by atoms with Crippen LogP contribution in [0.4, 0.5) is 0 Å². The van der Waals surface area contributed by atoms with Gasteiger partial charge in [-0.1, -0.05) is 18.6 Å². The third-order valence-electron chi connectivity index (χ3n) is 2.45. The van der Waals surface area contributed by atoms with Crippen LogP contribution in [0.1, 0.15) is 38.3 Å². The first kappa shape index (κ1) is 12.6. The molecule has 1 heterocycles. The molecule has 0 unspecified atom stereocenters. The fourth-order valence-corrected chi connectivity index (χ4v) is 2.02. The monoisotopic (exact) mass is 227 g/mol. The molecule has 0 saturated carbocycles. The molecule has 0 amide bonds. The van der Waals surface area contributed by atoms with E-state index in [-0.39, 0.29) is 0 Å². The van der Waals surface area contributed by atoms with Crippen LogP contribution < -0.4 is 0 Å². The lowest BCUT2D eigenvalue weighted by Crippen LogP contribution is -2.05. The van der Waals surface area contributed by atoms with Crippen LogP contribution in [0.15, 0.2) is 6.20 Å². The molecule has 1 rings (SSSR count). The van der Waals surface area contributed by atoms with Gasteiger partial charge in [0.1, 0.15) is 0 Å². The van der Waals surface area contributed by atoms with E-state index in [0.717, 1.165) is 13.0 Å². The Kier molecular flexibility index (Phi) is 6.48. The Morgan fingerprint density at radius 2 is 2.20 bits per heavy atom. The van der Waals surface area contributed by atoms with E-state index in [0.29, 0.717) is 0 Å². The lowest BCUT2D eigenvalue weighted by atomic mass is 10.2. The fraction of sp³-hybridized carbons (Fsp3) is 0.818. The van der Waals surface area contributed by atoms with Gasteiger partial charge in [-0.15, -0.1) is 5.10 Å². The number of thioether (sulfide) groups is 1. The Labute approximate surface area is 96.6 Å². The molecule has 3 nitrogen and oxygen atoms in total. The third kappa shape index (κ3) is 4.69. The molecule has 0 aromatic carbocycles. The Morgan fingerprint density at radius 1 is 1.33 bits per heavy atom. The van der Waals surface area contributed by atoms with E-state index in [4.69, 9.17) is 0 Å². The van der Waals surface area contributed by atoms with Crippen molar-refractivity contribution in [3.63, 3.8) is 0 Å². The molecule has 0 fully saturated rings. The molecule has 0 aliphatic rings. The molecule has 1 aromatic heterocycles. The van der Waals surface area contributed by atoms with Crippen LogP contribution in [-0.4, -0.2) is 27.0 Å². The molecule has 4 heteroatoms. The van der Waals surface area contributed by atoms with Gasteiger partial charge in [-0.05, 0) is 37.7 Å². The van der Waals surface area contributed by atoms with Gasteiger partial charge in [-0.3, -0.25) is 0 Å². The molecule has 0 atom stereocenters. The zero-order chi connectivity index (χ0) is 10.9. The summed E-state index contributed by atoms with van der Waals surface area (Å²) in [5.74, 6) is 1.25. The van der Waals surface area contributed by atoms with Crippen molar-refractivity contribution in [1.82, 2.24) is 15.0 Å². The molecular formula is C11H21N3S. The molecule has 0 bridgehead atoms. The number of aryl methyl sites for hydroxylation is 2. The van der Waals surface area contributed by atoms with Gasteiger partial charge in [-0.25, -0.2) is 4.68 Å². The van der Waals surface area contributed by atoms with Crippen LogP contribution in [0, 0.1) is 0 Å². The molecular weight excluding hydrogens is 206 g/mol. The topological polar surface area (TPSA) is 30.7 Å². The van der Waals surface area contributed by atoms with Crippen molar-refractivity contribution in [3.8, 4) is 0 Å². The minimum Gasteiger partial charge on any atom is -0.249 e. The summed E-state index contributed by atoms with van der Waals surface area (Å²) in [6, 6.07) is 0. The second-order valence-electron chi connectivity index (χ2n) is 3.75. The highest BCUT2D eigenvalue weighted by atomic mass is 32.2. The predicted molar refractivity (Wildman–Crippen MR) is 66.3 cm³/mol. The van der Waals surface area contributed by atoms with Crippen LogP contribution in [0.5, 0.6) is 0 Å². The maximum atomic E-state index is 4.13. The van der Waals surface area contributed by atoms with Crippen molar-refractivity contribution < 1.29 is 0 Å². The van der Waals surface area contributed by atoms with Crippen LogP contribution in [0.25, 0.3) is 0 Å². The number of nitrogens with zero attached hydrogens (tertiary/aromatic N) is 3. The highest BCUT2D eigenvalue weighted by Gasteiger charge is 2.02. The Bertz CT molecular complexity index is 260. The summed E-state index contributed by atoms with van der Waals surface area (Å²) in [5.41, 5.74) is 1.29. The predicted octanol–water partition coefficient (Wildman–Crippen LogP) is 2.76. The van der Waals surface area contributed by atoms with Gasteiger partial charge in [0.2, 0.25) is 0 Å². The first-order valence-corrected chi connectivity index (χ1v) is 7.14. The van der Waals surface area contributed by atoms with E-state index in [9.17, 15) is 0 Å². The molecule has 0 saturated heterocycles. The van der Waals surface area contributed by atoms with E-state index in [1.807, 2.05) is 18.0 Å². The van der Waals surface area contributed by atoms with Gasteiger partial charge < -0.3 is 0 Å². The summed E-state index contributed by atoms with van der Waals surface area (Å²) in [7, 11) is 0. The first-order valence-electron chi connectivity index (χ1n) is 5.74. The maximum absolute atomic E-state index is 4.13. The molecule has 1 aromatic rings. The van der Waals surface area contributed by atoms with Gasteiger partial charge in [0.25, 0.3) is 0 Å². The largest absolute Gasteiger partial charge is 0.249 e. The zero-order valence-corrected chi connectivity index (χ0v) is 10.6. The third-order valence-corrected chi connectivity index (χ3v) is 3.15. The van der Waals surface area contributed by atoms with Crippen molar-refractivity contribution >= 4 is 11.8 Å². The van der Waals surface area contributed by atoms with Crippen LogP contribution in [0.2, 0.25) is 0 Å². The molecule has 0 aliphatic carbocycles. The summed E-state index contributed by atoms with van der Waals surface area (Å²) in [6.07, 6.45) is 10.1. The molecule has 0 aliphatic heterocycles. The van der Waals surface area contributed by atoms with E-state index < -0.39 is 0 Å². The standard InChI is InChI=1S/C11H21N3S/c1-3-4-7-11-10-12-13-14(11)8-5-6-9-15-2/h10H,3-9H2,1-2H3. The van der Waals surface area contributed by atoms with E-state index >= 15 is 0 Å². The quantitative estimate of drug-likeness (QED) is 0.640. The molecule has 86 valence electrons. The van der Waals surface area contributed by atoms with Gasteiger partial charge >= 0.3 is 0 Å². The lowest BCUT2D eigenvalue weighted by molar-refractivity contribution is 0.529. The van der Waals surface area contributed by atoms with Crippen molar-refractivity contribution in [2.75, 3.05) is 12.0 Å². The van der Waals surface area contributed by atoms with Crippen LogP contribution >= 0.6 is 11.8 Å². The molecule has 15 heavy (non-hydrogen) atoms. The van der Waals surface area contributed by atoms with Crippen molar-refractivity contribution in [2.24, 2.45) is 0 Å². The van der Waals surface area contributed by atoms with E-state index in [1.165, 1.54) is 37.1 Å². The number of rotatable bonds is 8. The fourth-order valence-electron chi connectivity index (χ4n) is 1.53. The zero-order valence-electron chi connectivity index (χ0n) is 9.78. The van der Waals surface area contributed by atoms with Crippen molar-refractivity contribution in [3.05, 3.63) is 11.9 Å². The molecule has 0 radical (unpaired) electrons. The Morgan fingerprint density at radius 3 is 2.93 bits per heavy atom. The van der Waals surface area contributed by atoms with E-state index in [2.05, 4.69) is 28.2 Å². The smallest absolute Gasteiger partial charge is 0.0725 e. The van der Waals surface area contributed by atoms with Crippen molar-refractivity contribution in [2.45, 2.75) is 45.6 Å². The number of hydrogen-bond acceptors (Lipinski definition) is 3. The Hall–Kier alpha value is -0.510. The SMILES string of the molecule is CCCCc1cnnn1CCCCSC. The van der Waals surface area contributed by atoms with Gasteiger partial charge in [0.05, 0.1) is 11.9 Å². The van der Waals surface area contributed by atoms with Crippen LogP contribution in [-0.2, 0) is 13.0 Å². The molecule has 0 N–H and O–H groups in total. The highest BCUT2D eigenvalue weighted by Crippen LogP contribution is 2.06. The van der Waals surface area contributed by atoms with Crippen molar-refractivity contribution in [1.29, 1.82) is 0 Å². The van der Waals surface area contributed by atoms with Gasteiger partial charge in [0, 0.05) is 6.54 Å². The number of hydrogen-bond donors (Lipinski definition) is 0. The van der Waals surface area contributed by atoms with Gasteiger partial charge in [0.15, 0.2) is 0 Å². The van der Waals surface area contributed by atoms with Crippen LogP contribution in [0.3, 0.4) is 0 Å². The molecule has 0 spiro atoms. The highest BCUT2D eigenvalue weighted by molar-refractivity contribution is 7.98. The maximum Gasteiger partial charge on any atom is 0.0725 e.